The monoisotopic (exact) mass is 273 g/mol. The number of halogens is 1. The van der Waals surface area contributed by atoms with E-state index in [1.807, 2.05) is 0 Å². The Morgan fingerprint density at radius 3 is 3.00 bits per heavy atom. The van der Waals surface area contributed by atoms with Crippen molar-refractivity contribution < 1.29 is 0 Å². The van der Waals surface area contributed by atoms with Crippen LogP contribution < -0.4 is 0 Å². The van der Waals surface area contributed by atoms with Crippen LogP contribution in [-0.4, -0.2) is 9.81 Å². The van der Waals surface area contributed by atoms with Crippen LogP contribution in [0.4, 0.5) is 0 Å². The third-order valence-corrected chi connectivity index (χ3v) is 4.90. The highest BCUT2D eigenvalue weighted by Gasteiger charge is 2.28. The Hall–Kier alpha value is 0.110. The zero-order chi connectivity index (χ0) is 9.97. The largest absolute Gasteiger partial charge is 0.247 e. The first-order valence-electron chi connectivity index (χ1n) is 5.31. The summed E-state index contributed by atoms with van der Waals surface area (Å²) in [5.41, 5.74) is 1.17. The van der Waals surface area contributed by atoms with Crippen LogP contribution in [-0.2, 0) is 6.42 Å². The Labute approximate surface area is 98.1 Å². The lowest BCUT2D eigenvalue weighted by Crippen LogP contribution is -2.00. The van der Waals surface area contributed by atoms with E-state index < -0.39 is 0 Å². The van der Waals surface area contributed by atoms with Gasteiger partial charge in [-0.2, -0.15) is 0 Å². The molecule has 3 heteroatoms. The second-order valence-corrected chi connectivity index (χ2v) is 6.25. The minimum atomic E-state index is 0.767. The van der Waals surface area contributed by atoms with Crippen LogP contribution in [0.15, 0.2) is 5.38 Å². The van der Waals surface area contributed by atoms with E-state index in [4.69, 9.17) is 0 Å². The fraction of sp³-hybridized carbons (Fsp3) is 0.727. The zero-order valence-electron chi connectivity index (χ0n) is 8.50. The maximum Gasteiger partial charge on any atom is 0.0928 e. The van der Waals surface area contributed by atoms with Gasteiger partial charge < -0.3 is 0 Å². The number of aryl methyl sites for hydroxylation is 2. The molecule has 0 N–H and O–H groups in total. The fourth-order valence-corrected chi connectivity index (χ4v) is 3.33. The van der Waals surface area contributed by atoms with Crippen LogP contribution in [0, 0.1) is 12.8 Å². The average Bonchev–Trinajstić information content (AvgIpc) is 2.92. The van der Waals surface area contributed by atoms with Crippen LogP contribution in [0.25, 0.3) is 0 Å². The molecule has 0 radical (unpaired) electrons. The topological polar surface area (TPSA) is 12.9 Å². The molecule has 0 saturated heterocycles. The van der Waals surface area contributed by atoms with Gasteiger partial charge in [-0.15, -0.1) is 11.3 Å². The molecule has 1 nitrogen and oxygen atoms in total. The molecule has 1 saturated carbocycles. The van der Waals surface area contributed by atoms with Crippen molar-refractivity contribution in [3.05, 3.63) is 16.1 Å². The first-order chi connectivity index (χ1) is 6.75. The molecule has 1 aliphatic rings. The Morgan fingerprint density at radius 1 is 1.64 bits per heavy atom. The van der Waals surface area contributed by atoms with Crippen LogP contribution in [0.3, 0.4) is 0 Å². The number of nitrogens with zero attached hydrogens (tertiary/aromatic N) is 1. The number of hydrogen-bond donors (Lipinski definition) is 0. The van der Waals surface area contributed by atoms with Gasteiger partial charge in [-0.05, 0) is 44.9 Å². The van der Waals surface area contributed by atoms with Crippen LogP contribution in [0.1, 0.15) is 36.4 Å². The van der Waals surface area contributed by atoms with Crippen molar-refractivity contribution in [2.45, 2.75) is 43.9 Å². The second-order valence-electron chi connectivity index (χ2n) is 4.13. The maximum atomic E-state index is 4.47. The summed E-state index contributed by atoms with van der Waals surface area (Å²) in [7, 11) is 0. The molecule has 0 aromatic carbocycles. The van der Waals surface area contributed by atoms with E-state index in [0.29, 0.717) is 0 Å². The Balaban J connectivity index is 1.67. The van der Waals surface area contributed by atoms with Gasteiger partial charge in [-0.3, -0.25) is 0 Å². The van der Waals surface area contributed by atoms with E-state index in [1.54, 1.807) is 11.3 Å². The van der Waals surface area contributed by atoms with Crippen molar-refractivity contribution in [2.24, 2.45) is 5.92 Å². The molecule has 78 valence electrons. The second kappa shape index (κ2) is 4.75. The van der Waals surface area contributed by atoms with Crippen LogP contribution >= 0.6 is 27.3 Å². The first kappa shape index (κ1) is 10.6. The standard InChI is InChI=1S/C11H16BrNS/c1-8-7-14-11(13-8)4-2-3-10(12)9-5-6-9/h7,9-10H,2-6H2,1H3. The molecule has 14 heavy (non-hydrogen) atoms. The molecule has 0 aliphatic heterocycles. The molecular formula is C11H16BrNS. The smallest absolute Gasteiger partial charge is 0.0928 e. The predicted molar refractivity (Wildman–Crippen MR) is 65.2 cm³/mol. The van der Waals surface area contributed by atoms with Gasteiger partial charge in [0, 0.05) is 15.9 Å². The van der Waals surface area contributed by atoms with Gasteiger partial charge in [-0.1, -0.05) is 15.9 Å². The van der Waals surface area contributed by atoms with E-state index in [0.717, 1.165) is 17.2 Å². The summed E-state index contributed by atoms with van der Waals surface area (Å²) >= 11 is 5.57. The highest BCUT2D eigenvalue weighted by atomic mass is 79.9. The molecule has 1 aromatic heterocycles. The third-order valence-electron chi connectivity index (χ3n) is 2.67. The van der Waals surface area contributed by atoms with Gasteiger partial charge >= 0.3 is 0 Å². The number of rotatable bonds is 5. The summed E-state index contributed by atoms with van der Waals surface area (Å²) in [5.74, 6) is 0.980. The minimum absolute atomic E-state index is 0.767. The lowest BCUT2D eigenvalue weighted by Gasteiger charge is -2.05. The molecule has 0 amide bonds. The number of aromatic nitrogens is 1. The van der Waals surface area contributed by atoms with E-state index >= 15 is 0 Å². The van der Waals surface area contributed by atoms with Crippen molar-refractivity contribution in [1.82, 2.24) is 4.98 Å². The van der Waals surface area contributed by atoms with Gasteiger partial charge in [0.1, 0.15) is 0 Å². The van der Waals surface area contributed by atoms with Crippen molar-refractivity contribution in [1.29, 1.82) is 0 Å². The van der Waals surface area contributed by atoms with Crippen LogP contribution in [0.2, 0.25) is 0 Å². The van der Waals surface area contributed by atoms with Crippen molar-refractivity contribution in [3.8, 4) is 0 Å². The van der Waals surface area contributed by atoms with E-state index in [2.05, 4.69) is 33.2 Å². The summed E-state index contributed by atoms with van der Waals surface area (Å²) in [6, 6.07) is 0. The number of thiazole rings is 1. The Bertz CT molecular complexity index is 293. The zero-order valence-corrected chi connectivity index (χ0v) is 10.9. The average molecular weight is 274 g/mol. The maximum absolute atomic E-state index is 4.47. The molecule has 2 rings (SSSR count). The lowest BCUT2D eigenvalue weighted by atomic mass is 10.1. The summed E-state index contributed by atoms with van der Waals surface area (Å²) < 4.78 is 0. The van der Waals surface area contributed by atoms with Crippen molar-refractivity contribution >= 4 is 27.3 Å². The fourth-order valence-electron chi connectivity index (χ4n) is 1.66. The molecule has 1 aliphatic carbocycles. The molecule has 1 heterocycles. The number of hydrogen-bond acceptors (Lipinski definition) is 2. The normalized spacial score (nSPS) is 18.4. The van der Waals surface area contributed by atoms with Crippen LogP contribution in [0.5, 0.6) is 0 Å². The molecule has 1 aromatic rings. The summed E-state index contributed by atoms with van der Waals surface area (Å²) in [6.45, 7) is 2.07. The molecule has 1 atom stereocenters. The van der Waals surface area contributed by atoms with Gasteiger partial charge in [0.2, 0.25) is 0 Å². The Kier molecular flexibility index (Phi) is 3.61. The Morgan fingerprint density at radius 2 is 2.43 bits per heavy atom. The highest BCUT2D eigenvalue weighted by molar-refractivity contribution is 9.09. The molecular weight excluding hydrogens is 258 g/mol. The molecule has 0 bridgehead atoms. The van der Waals surface area contributed by atoms with Crippen molar-refractivity contribution in [3.63, 3.8) is 0 Å². The summed E-state index contributed by atoms with van der Waals surface area (Å²) in [4.78, 5) is 5.24. The molecule has 0 spiro atoms. The van der Waals surface area contributed by atoms with Crippen molar-refractivity contribution in [2.75, 3.05) is 0 Å². The SMILES string of the molecule is Cc1csc(CCCC(Br)C2CC2)n1. The molecule has 1 unspecified atom stereocenters. The van der Waals surface area contributed by atoms with E-state index in [9.17, 15) is 0 Å². The van der Waals surface area contributed by atoms with E-state index in [-0.39, 0.29) is 0 Å². The third kappa shape index (κ3) is 3.06. The predicted octanol–water partition coefficient (Wildman–Crippen LogP) is 3.95. The highest BCUT2D eigenvalue weighted by Crippen LogP contribution is 2.38. The summed E-state index contributed by atoms with van der Waals surface area (Å²) in [6.07, 6.45) is 6.62. The van der Waals surface area contributed by atoms with Gasteiger partial charge in [-0.25, -0.2) is 4.98 Å². The van der Waals surface area contributed by atoms with Gasteiger partial charge in [0.15, 0.2) is 0 Å². The molecule has 1 fully saturated rings. The quantitative estimate of drug-likeness (QED) is 0.741. The van der Waals surface area contributed by atoms with Gasteiger partial charge in [0.25, 0.3) is 0 Å². The van der Waals surface area contributed by atoms with Gasteiger partial charge in [0.05, 0.1) is 5.01 Å². The lowest BCUT2D eigenvalue weighted by molar-refractivity contribution is 0.652. The van der Waals surface area contributed by atoms with E-state index in [1.165, 1.54) is 36.4 Å². The number of alkyl halides is 1. The first-order valence-corrected chi connectivity index (χ1v) is 7.10. The summed E-state index contributed by atoms with van der Waals surface area (Å²) in [5, 5.41) is 3.44. The minimum Gasteiger partial charge on any atom is -0.247 e.